The molecule has 0 aliphatic heterocycles. The van der Waals surface area contributed by atoms with Crippen molar-refractivity contribution in [2.45, 2.75) is 88.8 Å². The number of hydrogen-bond acceptors (Lipinski definition) is 6. The molecule has 0 saturated heterocycles. The van der Waals surface area contributed by atoms with Gasteiger partial charge in [0.2, 0.25) is 0 Å². The van der Waals surface area contributed by atoms with Gasteiger partial charge in [0, 0.05) is 23.7 Å². The van der Waals surface area contributed by atoms with Gasteiger partial charge in [-0.2, -0.15) is 0 Å². The fraction of sp³-hybridized carbons (Fsp3) is 0.950. The van der Waals surface area contributed by atoms with Crippen LogP contribution in [0.4, 0.5) is 0 Å². The molecule has 0 aromatic rings. The first-order valence-electron chi connectivity index (χ1n) is 9.79. The number of fused-ring (bicyclic) bond motifs is 2. The van der Waals surface area contributed by atoms with Gasteiger partial charge >= 0.3 is 0 Å². The van der Waals surface area contributed by atoms with Crippen LogP contribution in [0.2, 0.25) is 0 Å². The average Bonchev–Trinajstić information content (AvgIpc) is 2.72. The van der Waals surface area contributed by atoms with Crippen LogP contribution in [0.15, 0.2) is 0 Å². The molecule has 6 heteroatoms. The molecule has 1 spiro atoms. The van der Waals surface area contributed by atoms with Gasteiger partial charge in [0.15, 0.2) is 0 Å². The maximum atomic E-state index is 12.6. The van der Waals surface area contributed by atoms with Gasteiger partial charge in [0.25, 0.3) is 0 Å². The number of rotatable bonds is 0. The molecular weight excluding hydrogens is 336 g/mol. The lowest BCUT2D eigenvalue weighted by Crippen LogP contribution is -2.60. The van der Waals surface area contributed by atoms with Crippen LogP contribution in [0.25, 0.3) is 0 Å². The third-order valence-electron chi connectivity index (χ3n) is 9.03. The summed E-state index contributed by atoms with van der Waals surface area (Å²) in [5, 5.41) is 56.4. The van der Waals surface area contributed by atoms with Crippen LogP contribution in [0.1, 0.15) is 59.8 Å². The number of aliphatic hydroxyl groups is 5. The van der Waals surface area contributed by atoms with Crippen molar-refractivity contribution in [3.8, 4) is 0 Å². The summed E-state index contributed by atoms with van der Waals surface area (Å²) in [5.74, 6) is -1.66. The van der Waals surface area contributed by atoms with Crippen LogP contribution < -0.4 is 0 Å². The van der Waals surface area contributed by atoms with E-state index in [-0.39, 0.29) is 31.0 Å². The first-order valence-corrected chi connectivity index (χ1v) is 9.79. The standard InChI is InChI=1S/C20H32O6/c1-16(2)13(21)7-12-18(4,25)11-6-5-10-15(23)19(11,9-17(10,3)24)8-14(22)20(12,16)26/h10-12,14-15,22-26H,5-9H2,1-4H3/t10?,11-,12-,14-,15-,17+,18+,19?,20-/m0/s1. The van der Waals surface area contributed by atoms with Crippen LogP contribution in [-0.2, 0) is 4.79 Å². The Morgan fingerprint density at radius 3 is 2.19 bits per heavy atom. The van der Waals surface area contributed by atoms with Crippen molar-refractivity contribution in [3.63, 3.8) is 0 Å². The van der Waals surface area contributed by atoms with Crippen LogP contribution in [0, 0.1) is 28.6 Å². The molecule has 4 saturated carbocycles. The summed E-state index contributed by atoms with van der Waals surface area (Å²) in [6.45, 7) is 6.62. The summed E-state index contributed by atoms with van der Waals surface area (Å²) in [6, 6.07) is 0. The van der Waals surface area contributed by atoms with Gasteiger partial charge < -0.3 is 25.5 Å². The molecule has 0 aromatic carbocycles. The van der Waals surface area contributed by atoms with Gasteiger partial charge in [-0.25, -0.2) is 0 Å². The predicted octanol–water partition coefficient (Wildman–Crippen LogP) is 0.377. The van der Waals surface area contributed by atoms with Crippen molar-refractivity contribution in [2.24, 2.45) is 28.6 Å². The second-order valence-corrected chi connectivity index (χ2v) is 10.5. The molecule has 0 aromatic heterocycles. The number of ketones is 1. The smallest absolute Gasteiger partial charge is 0.141 e. The Morgan fingerprint density at radius 1 is 0.962 bits per heavy atom. The molecule has 4 fully saturated rings. The topological polar surface area (TPSA) is 118 Å². The lowest BCUT2D eigenvalue weighted by atomic mass is 9.57. The first kappa shape index (κ1) is 18.8. The molecule has 5 N–H and O–H groups in total. The predicted molar refractivity (Wildman–Crippen MR) is 93.0 cm³/mol. The summed E-state index contributed by atoms with van der Waals surface area (Å²) in [6.07, 6.45) is -0.567. The van der Waals surface area contributed by atoms with E-state index in [2.05, 4.69) is 0 Å². The van der Waals surface area contributed by atoms with Crippen LogP contribution in [-0.4, -0.2) is 60.3 Å². The minimum atomic E-state index is -1.76. The van der Waals surface area contributed by atoms with E-state index in [0.29, 0.717) is 12.8 Å². The monoisotopic (exact) mass is 368 g/mol. The van der Waals surface area contributed by atoms with E-state index in [1.807, 2.05) is 0 Å². The summed E-state index contributed by atoms with van der Waals surface area (Å²) < 4.78 is 0. The minimum absolute atomic E-state index is 0.00998. The Morgan fingerprint density at radius 2 is 1.58 bits per heavy atom. The Kier molecular flexibility index (Phi) is 3.54. The van der Waals surface area contributed by atoms with Gasteiger partial charge in [-0.1, -0.05) is 13.8 Å². The molecule has 0 heterocycles. The van der Waals surface area contributed by atoms with E-state index in [4.69, 9.17) is 0 Å². The van der Waals surface area contributed by atoms with Crippen molar-refractivity contribution in [1.29, 1.82) is 0 Å². The number of hydrogen-bond donors (Lipinski definition) is 5. The zero-order chi connectivity index (χ0) is 19.5. The fourth-order valence-corrected chi connectivity index (χ4v) is 7.60. The van der Waals surface area contributed by atoms with E-state index in [1.165, 1.54) is 0 Å². The number of carbonyl (C=O) groups excluding carboxylic acids is 1. The van der Waals surface area contributed by atoms with Crippen molar-refractivity contribution in [2.75, 3.05) is 0 Å². The molecule has 4 aliphatic carbocycles. The molecule has 4 rings (SSSR count). The minimum Gasteiger partial charge on any atom is -0.392 e. The van der Waals surface area contributed by atoms with Crippen molar-refractivity contribution in [1.82, 2.24) is 0 Å². The molecule has 2 unspecified atom stereocenters. The zero-order valence-corrected chi connectivity index (χ0v) is 16.1. The summed E-state index contributed by atoms with van der Waals surface area (Å²) >= 11 is 0. The fourth-order valence-electron chi connectivity index (χ4n) is 7.60. The lowest BCUT2D eigenvalue weighted by Gasteiger charge is -2.51. The van der Waals surface area contributed by atoms with Crippen molar-refractivity contribution in [3.05, 3.63) is 0 Å². The Balaban J connectivity index is 1.91. The normalized spacial score (nSPS) is 61.1. The SMILES string of the molecule is CC1(C)C(=O)C[C@H]2[C@](C)(O)[C@@H]3CCC4[C@H](O)C3(C[C@H](O)[C@@]21O)C[C@@]4(C)O. The van der Waals surface area contributed by atoms with Gasteiger partial charge in [0.1, 0.15) is 11.4 Å². The number of aliphatic hydroxyl groups excluding tert-OH is 2. The highest BCUT2D eigenvalue weighted by Gasteiger charge is 2.76. The Hall–Kier alpha value is -0.530. The van der Waals surface area contributed by atoms with E-state index < -0.39 is 51.7 Å². The molecule has 26 heavy (non-hydrogen) atoms. The van der Waals surface area contributed by atoms with Gasteiger partial charge in [-0.05, 0) is 45.4 Å². The molecule has 0 amide bonds. The third kappa shape index (κ3) is 1.83. The van der Waals surface area contributed by atoms with E-state index in [1.54, 1.807) is 27.7 Å². The van der Waals surface area contributed by atoms with E-state index in [0.717, 1.165) is 0 Å². The second kappa shape index (κ2) is 4.90. The van der Waals surface area contributed by atoms with E-state index >= 15 is 0 Å². The molecular formula is C20H32O6. The van der Waals surface area contributed by atoms with Crippen LogP contribution in [0.5, 0.6) is 0 Å². The van der Waals surface area contributed by atoms with Gasteiger partial charge in [-0.15, -0.1) is 0 Å². The summed E-state index contributed by atoms with van der Waals surface area (Å²) in [4.78, 5) is 12.6. The lowest BCUT2D eigenvalue weighted by molar-refractivity contribution is -0.196. The van der Waals surface area contributed by atoms with Gasteiger partial charge in [-0.3, -0.25) is 4.79 Å². The van der Waals surface area contributed by atoms with E-state index in [9.17, 15) is 30.3 Å². The molecule has 2 bridgehead atoms. The van der Waals surface area contributed by atoms with Crippen LogP contribution in [0.3, 0.4) is 0 Å². The molecule has 9 atom stereocenters. The molecule has 4 aliphatic rings. The molecule has 0 radical (unpaired) electrons. The first-order chi connectivity index (χ1) is 11.7. The highest BCUT2D eigenvalue weighted by molar-refractivity contribution is 5.89. The maximum absolute atomic E-state index is 12.6. The van der Waals surface area contributed by atoms with Gasteiger partial charge in [0.05, 0.1) is 28.8 Å². The largest absolute Gasteiger partial charge is 0.392 e. The summed E-state index contributed by atoms with van der Waals surface area (Å²) in [7, 11) is 0. The highest BCUT2D eigenvalue weighted by atomic mass is 16.4. The Bertz CT molecular complexity index is 655. The quantitative estimate of drug-likeness (QED) is 0.422. The highest BCUT2D eigenvalue weighted by Crippen LogP contribution is 2.69. The summed E-state index contributed by atoms with van der Waals surface area (Å²) in [5.41, 5.74) is -6.31. The number of carbonyl (C=O) groups is 1. The molecule has 148 valence electrons. The zero-order valence-electron chi connectivity index (χ0n) is 16.1. The van der Waals surface area contributed by atoms with Crippen molar-refractivity contribution >= 4 is 5.78 Å². The van der Waals surface area contributed by atoms with Crippen molar-refractivity contribution < 1.29 is 30.3 Å². The molecule has 6 nitrogen and oxygen atoms in total. The maximum Gasteiger partial charge on any atom is 0.141 e. The second-order valence-electron chi connectivity index (χ2n) is 10.5. The Labute approximate surface area is 154 Å². The van der Waals surface area contributed by atoms with Crippen LogP contribution >= 0.6 is 0 Å². The number of Topliss-reactive ketones (excluding diaryl/α,β-unsaturated/α-hetero) is 1. The average molecular weight is 368 g/mol. The third-order valence-corrected chi connectivity index (χ3v) is 9.03.